The number of aromatic carboxylic acids is 3. The van der Waals surface area contributed by atoms with Crippen LogP contribution < -0.4 is 16.0 Å². The smallest absolute Gasteiger partial charge is 0.335 e. The maximum Gasteiger partial charge on any atom is 0.335 e. The van der Waals surface area contributed by atoms with Crippen molar-refractivity contribution >= 4 is 85.1 Å². The first-order chi connectivity index (χ1) is 22.4. The number of hydrogen-bond acceptors (Lipinski definition) is 17. The predicted octanol–water partition coefficient (Wildman–Crippen LogP) is 3.12. The van der Waals surface area contributed by atoms with Crippen LogP contribution in [0.5, 0.6) is 0 Å². The first kappa shape index (κ1) is 35.4. The lowest BCUT2D eigenvalue weighted by atomic mass is 10.2. The summed E-state index contributed by atoms with van der Waals surface area (Å²) >= 11 is 0.412. The van der Waals surface area contributed by atoms with E-state index in [4.69, 9.17) is 5.26 Å². The molecule has 1 aromatic heterocycles. The molecule has 0 saturated carbocycles. The fraction of sp³-hybridized carbons (Fsp3) is 0. The van der Waals surface area contributed by atoms with Crippen LogP contribution in [0.15, 0.2) is 69.3 Å². The Balaban J connectivity index is 1.85. The van der Waals surface area contributed by atoms with Crippen LogP contribution in [-0.4, -0.2) is 79.4 Å². The van der Waals surface area contributed by atoms with E-state index in [9.17, 15) is 55.6 Å². The Hall–Kier alpha value is -5.47. The molecule has 0 aliphatic rings. The molecule has 0 unspecified atom stereocenters. The van der Waals surface area contributed by atoms with Crippen molar-refractivity contribution in [2.45, 2.75) is 14.7 Å². The number of anilines is 6. The Morgan fingerprint density at radius 1 is 0.583 bits per heavy atom. The standard InChI is InChI=1S/C24H18N6O15S3/c31-19(32)10-1-13(7-16(4-10)46-45-44-37)25-22-28-23(26-14-2-11(20(33)34)5-17(8-14)47(38,39)40)30-24(29-22)27-15-3-12(21(35)36)6-18(9-15)48(41,42)43/h1-9,37H,(H,31,32)(H,33,34)(H,35,36)(H,38,39,40)(H,41,42,43)(H3,25,26,27,28,29,30). The lowest BCUT2D eigenvalue weighted by Crippen LogP contribution is -2.10. The number of benzene rings is 3. The van der Waals surface area contributed by atoms with E-state index in [1.54, 1.807) is 0 Å². The molecule has 24 heteroatoms. The molecule has 0 radical (unpaired) electrons. The summed E-state index contributed by atoms with van der Waals surface area (Å²) in [6.45, 7) is 0. The highest BCUT2D eigenvalue weighted by Crippen LogP contribution is 2.29. The number of nitrogens with zero attached hydrogens (tertiary/aromatic N) is 3. The molecule has 0 amide bonds. The van der Waals surface area contributed by atoms with Gasteiger partial charge >= 0.3 is 17.9 Å². The van der Waals surface area contributed by atoms with Crippen LogP contribution in [0.2, 0.25) is 0 Å². The maximum absolute atomic E-state index is 11.8. The first-order valence-electron chi connectivity index (χ1n) is 12.2. The van der Waals surface area contributed by atoms with Crippen molar-refractivity contribution in [3.05, 3.63) is 71.3 Å². The van der Waals surface area contributed by atoms with Gasteiger partial charge in [0.25, 0.3) is 20.2 Å². The normalized spacial score (nSPS) is 11.5. The van der Waals surface area contributed by atoms with Gasteiger partial charge in [0.15, 0.2) is 0 Å². The monoisotopic (exact) mass is 726 g/mol. The van der Waals surface area contributed by atoms with Gasteiger partial charge in [0.05, 0.1) is 38.5 Å². The molecule has 0 fully saturated rings. The lowest BCUT2D eigenvalue weighted by molar-refractivity contribution is -0.432. The summed E-state index contributed by atoms with van der Waals surface area (Å²) in [6.07, 6.45) is 0. The minimum Gasteiger partial charge on any atom is -0.478 e. The molecule has 4 rings (SSSR count). The van der Waals surface area contributed by atoms with E-state index in [0.29, 0.717) is 24.2 Å². The average molecular weight is 727 g/mol. The van der Waals surface area contributed by atoms with Crippen LogP contribution in [0.25, 0.3) is 0 Å². The van der Waals surface area contributed by atoms with Gasteiger partial charge in [-0.25, -0.2) is 19.6 Å². The molecular weight excluding hydrogens is 708 g/mol. The van der Waals surface area contributed by atoms with Crippen molar-refractivity contribution in [2.75, 3.05) is 16.0 Å². The van der Waals surface area contributed by atoms with Crippen LogP contribution in [0.4, 0.5) is 34.9 Å². The van der Waals surface area contributed by atoms with Crippen molar-refractivity contribution in [3.8, 4) is 0 Å². The van der Waals surface area contributed by atoms with E-state index < -0.39 is 76.9 Å². The molecule has 9 N–H and O–H groups in total. The van der Waals surface area contributed by atoms with Crippen molar-refractivity contribution in [1.29, 1.82) is 0 Å². The molecule has 0 bridgehead atoms. The van der Waals surface area contributed by atoms with E-state index in [1.807, 2.05) is 0 Å². The van der Waals surface area contributed by atoms with E-state index in [-0.39, 0.29) is 27.5 Å². The highest BCUT2D eigenvalue weighted by molar-refractivity contribution is 7.94. The highest BCUT2D eigenvalue weighted by Gasteiger charge is 2.19. The summed E-state index contributed by atoms with van der Waals surface area (Å²) in [4.78, 5) is 45.5. The van der Waals surface area contributed by atoms with Crippen LogP contribution >= 0.6 is 12.0 Å². The molecule has 21 nitrogen and oxygen atoms in total. The fourth-order valence-electron chi connectivity index (χ4n) is 3.72. The molecule has 252 valence electrons. The van der Waals surface area contributed by atoms with Gasteiger partial charge in [-0.3, -0.25) is 9.11 Å². The van der Waals surface area contributed by atoms with Gasteiger partial charge in [0.2, 0.25) is 17.8 Å². The summed E-state index contributed by atoms with van der Waals surface area (Å²) in [5, 5.41) is 48.0. The zero-order valence-electron chi connectivity index (χ0n) is 23.1. The van der Waals surface area contributed by atoms with Crippen molar-refractivity contribution in [3.63, 3.8) is 0 Å². The van der Waals surface area contributed by atoms with Crippen LogP contribution in [0.1, 0.15) is 31.1 Å². The Morgan fingerprint density at radius 2 is 0.938 bits per heavy atom. The topological polar surface area (TPSA) is 334 Å². The van der Waals surface area contributed by atoms with Gasteiger partial charge in [-0.2, -0.15) is 31.8 Å². The summed E-state index contributed by atoms with van der Waals surface area (Å²) < 4.78 is 70.4. The van der Waals surface area contributed by atoms with E-state index in [0.717, 1.165) is 36.4 Å². The highest BCUT2D eigenvalue weighted by atomic mass is 32.2. The lowest BCUT2D eigenvalue weighted by Gasteiger charge is -2.14. The number of aromatic nitrogens is 3. The zero-order valence-corrected chi connectivity index (χ0v) is 25.6. The Labute approximate surface area is 271 Å². The Bertz CT molecular complexity index is 2050. The fourth-order valence-corrected chi connectivity index (χ4v) is 5.28. The van der Waals surface area contributed by atoms with Gasteiger partial charge in [0.1, 0.15) is 0 Å². The number of carboxylic acids is 3. The molecule has 0 atom stereocenters. The zero-order chi connectivity index (χ0) is 35.4. The van der Waals surface area contributed by atoms with Crippen LogP contribution in [-0.2, 0) is 29.6 Å². The van der Waals surface area contributed by atoms with Gasteiger partial charge in [0, 0.05) is 22.0 Å². The second-order valence-corrected chi connectivity index (χ2v) is 12.6. The van der Waals surface area contributed by atoms with E-state index in [2.05, 4.69) is 40.3 Å². The van der Waals surface area contributed by atoms with Crippen molar-refractivity contribution in [2.24, 2.45) is 0 Å². The van der Waals surface area contributed by atoms with Gasteiger partial charge in [-0.15, -0.1) is 4.33 Å². The van der Waals surface area contributed by atoms with Crippen molar-refractivity contribution in [1.82, 2.24) is 15.0 Å². The number of nitrogens with one attached hydrogen (secondary N) is 3. The molecular formula is C24H18N6O15S3. The Morgan fingerprint density at radius 3 is 1.27 bits per heavy atom. The van der Waals surface area contributed by atoms with E-state index in [1.165, 1.54) is 6.07 Å². The minimum absolute atomic E-state index is 0.00916. The second-order valence-electron chi connectivity index (χ2n) is 9.01. The first-order valence-corrected chi connectivity index (χ1v) is 15.9. The van der Waals surface area contributed by atoms with Crippen LogP contribution in [0, 0.1) is 0 Å². The number of rotatable bonds is 14. The van der Waals surface area contributed by atoms with Gasteiger partial charge < -0.3 is 31.3 Å². The predicted molar refractivity (Wildman–Crippen MR) is 160 cm³/mol. The SMILES string of the molecule is O=C(O)c1cc(Nc2nc(Nc3cc(C(=O)O)cc(S(=O)(=O)O)c3)nc(Nc3cc(C(=O)O)cc(S(=O)(=O)O)c3)n2)cc(SOOO)c1. The second kappa shape index (κ2) is 14.1. The summed E-state index contributed by atoms with van der Waals surface area (Å²) in [7, 11) is -9.81. The number of hydrogen-bond donors (Lipinski definition) is 9. The molecule has 48 heavy (non-hydrogen) atoms. The summed E-state index contributed by atoms with van der Waals surface area (Å²) in [5.41, 5.74) is -2.01. The molecule has 0 spiro atoms. The Kier molecular flexibility index (Phi) is 10.4. The van der Waals surface area contributed by atoms with E-state index >= 15 is 0 Å². The third-order valence-electron chi connectivity index (χ3n) is 5.62. The molecule has 0 aliphatic carbocycles. The quantitative estimate of drug-likeness (QED) is 0.0390. The molecule has 1 heterocycles. The van der Waals surface area contributed by atoms with Gasteiger partial charge in [-0.1, -0.05) is 5.04 Å². The van der Waals surface area contributed by atoms with Gasteiger partial charge in [-0.05, 0) is 54.6 Å². The third-order valence-corrected chi connectivity index (χ3v) is 7.84. The third kappa shape index (κ3) is 9.30. The molecule has 0 saturated heterocycles. The van der Waals surface area contributed by atoms with Crippen LogP contribution in [0.3, 0.4) is 0 Å². The number of carboxylic acid groups (broad SMARTS) is 3. The largest absolute Gasteiger partial charge is 0.478 e. The number of carbonyl (C=O) groups is 3. The van der Waals surface area contributed by atoms with Crippen molar-refractivity contribution < 1.29 is 70.3 Å². The molecule has 0 aliphatic heterocycles. The maximum atomic E-state index is 11.8. The molecule has 4 aromatic rings. The summed E-state index contributed by atoms with van der Waals surface area (Å²) in [5.74, 6) is -5.86. The molecule has 3 aromatic carbocycles. The average Bonchev–Trinajstić information content (AvgIpc) is 2.98. The minimum atomic E-state index is -4.90. The summed E-state index contributed by atoms with van der Waals surface area (Å²) in [6, 6.07) is 8.51.